The summed E-state index contributed by atoms with van der Waals surface area (Å²) in [4.78, 5) is 28.4. The molecule has 3 aromatic rings. The monoisotopic (exact) mass is 391 g/mol. The Morgan fingerprint density at radius 3 is 2.66 bits per heavy atom. The Balaban J connectivity index is 1.73. The van der Waals surface area contributed by atoms with E-state index in [9.17, 15) is 14.7 Å². The highest BCUT2D eigenvalue weighted by atomic mass is 16.5. The number of para-hydroxylation sites is 2. The molecule has 1 unspecified atom stereocenters. The average molecular weight is 391 g/mol. The van der Waals surface area contributed by atoms with Gasteiger partial charge in [-0.1, -0.05) is 49.7 Å². The number of benzene rings is 2. The van der Waals surface area contributed by atoms with Gasteiger partial charge in [0, 0.05) is 23.6 Å². The molecule has 0 saturated carbocycles. The van der Waals surface area contributed by atoms with Crippen LogP contribution in [0.4, 0.5) is 0 Å². The van der Waals surface area contributed by atoms with Crippen molar-refractivity contribution in [3.05, 3.63) is 71.9 Å². The molecule has 150 valence electrons. The van der Waals surface area contributed by atoms with Gasteiger partial charge in [0.05, 0.1) is 5.52 Å². The predicted molar refractivity (Wildman–Crippen MR) is 112 cm³/mol. The topological polar surface area (TPSA) is 76.5 Å². The first-order valence-corrected chi connectivity index (χ1v) is 9.88. The summed E-state index contributed by atoms with van der Waals surface area (Å²) < 4.78 is 5.97. The highest BCUT2D eigenvalue weighted by Crippen LogP contribution is 2.24. The van der Waals surface area contributed by atoms with E-state index >= 15 is 0 Å². The third kappa shape index (κ3) is 5.41. The first-order chi connectivity index (χ1) is 14.1. The van der Waals surface area contributed by atoms with E-state index in [4.69, 9.17) is 4.74 Å². The number of hydrogen-bond donors (Lipinski definition) is 1. The van der Waals surface area contributed by atoms with Crippen LogP contribution >= 0.6 is 0 Å². The summed E-state index contributed by atoms with van der Waals surface area (Å²) in [6.45, 7) is 2.30. The fraction of sp³-hybridized carbons (Fsp3) is 0.292. The number of aliphatic carboxylic acids is 1. The second-order valence-corrected chi connectivity index (χ2v) is 7.10. The quantitative estimate of drug-likeness (QED) is 0.502. The molecule has 0 radical (unpaired) electrons. The Labute approximate surface area is 170 Å². The normalized spacial score (nSPS) is 11.9. The number of aromatic nitrogens is 1. The van der Waals surface area contributed by atoms with Crippen molar-refractivity contribution in [3.63, 3.8) is 0 Å². The molecule has 0 saturated heterocycles. The van der Waals surface area contributed by atoms with E-state index in [1.165, 1.54) is 0 Å². The van der Waals surface area contributed by atoms with Crippen molar-refractivity contribution in [1.82, 2.24) is 4.98 Å². The molecule has 0 amide bonds. The van der Waals surface area contributed by atoms with E-state index in [1.54, 1.807) is 12.3 Å². The van der Waals surface area contributed by atoms with Gasteiger partial charge in [-0.15, -0.1) is 0 Å². The van der Waals surface area contributed by atoms with E-state index in [0.717, 1.165) is 28.5 Å². The zero-order chi connectivity index (χ0) is 20.6. The van der Waals surface area contributed by atoms with Gasteiger partial charge in [0.1, 0.15) is 24.1 Å². The minimum Gasteiger partial charge on any atom is -0.489 e. The van der Waals surface area contributed by atoms with Crippen LogP contribution in [-0.4, -0.2) is 21.8 Å². The summed E-state index contributed by atoms with van der Waals surface area (Å²) in [6, 6.07) is 17.2. The van der Waals surface area contributed by atoms with E-state index in [-0.39, 0.29) is 12.2 Å². The molecule has 29 heavy (non-hydrogen) atoms. The molecule has 1 heterocycles. The predicted octanol–water partition coefficient (Wildman–Crippen LogP) is 4.82. The number of carboxylic acid groups (broad SMARTS) is 1. The van der Waals surface area contributed by atoms with Crippen LogP contribution in [0.2, 0.25) is 0 Å². The van der Waals surface area contributed by atoms with Crippen LogP contribution in [0, 0.1) is 5.92 Å². The first kappa shape index (κ1) is 20.5. The number of fused-ring (bicyclic) bond motifs is 1. The highest BCUT2D eigenvalue weighted by Gasteiger charge is 2.26. The number of unbranched alkanes of at least 4 members (excludes halogenated alkanes) is 1. The molecule has 5 nitrogen and oxygen atoms in total. The molecule has 5 heteroatoms. The standard InChI is InChI=1S/C24H25NO4/c1-2-3-11-22(26)20(24(27)28)14-19-9-5-7-12-23(19)29-16-17-13-18-8-4-6-10-21(18)25-15-17/h4-10,12-13,15,20H,2-3,11,14,16H2,1H3,(H,27,28). The lowest BCUT2D eigenvalue weighted by Crippen LogP contribution is -2.26. The van der Waals surface area contributed by atoms with Crippen LogP contribution < -0.4 is 4.74 Å². The number of pyridine rings is 1. The fourth-order valence-electron chi connectivity index (χ4n) is 3.25. The van der Waals surface area contributed by atoms with Crippen molar-refractivity contribution in [1.29, 1.82) is 0 Å². The summed E-state index contributed by atoms with van der Waals surface area (Å²) in [6.07, 6.45) is 3.76. The van der Waals surface area contributed by atoms with Crippen molar-refractivity contribution in [2.45, 2.75) is 39.2 Å². The molecule has 3 rings (SSSR count). The smallest absolute Gasteiger partial charge is 0.314 e. The second kappa shape index (κ2) is 9.82. The Bertz CT molecular complexity index is 999. The van der Waals surface area contributed by atoms with E-state index in [0.29, 0.717) is 25.2 Å². The molecule has 1 atom stereocenters. The van der Waals surface area contributed by atoms with E-state index in [1.807, 2.05) is 55.5 Å². The number of carbonyl (C=O) groups is 2. The van der Waals surface area contributed by atoms with E-state index < -0.39 is 11.9 Å². The minimum absolute atomic E-state index is 0.129. The third-order valence-electron chi connectivity index (χ3n) is 4.90. The number of hydrogen-bond acceptors (Lipinski definition) is 4. The van der Waals surface area contributed by atoms with Crippen LogP contribution in [-0.2, 0) is 22.6 Å². The summed E-state index contributed by atoms with van der Waals surface area (Å²) >= 11 is 0. The molecule has 2 aromatic carbocycles. The molecule has 0 spiro atoms. The van der Waals surface area contributed by atoms with Crippen molar-refractivity contribution in [2.75, 3.05) is 0 Å². The summed E-state index contributed by atoms with van der Waals surface area (Å²) in [5.74, 6) is -1.77. The minimum atomic E-state index is -1.08. The fourth-order valence-corrected chi connectivity index (χ4v) is 3.25. The average Bonchev–Trinajstić information content (AvgIpc) is 2.74. The molecular formula is C24H25NO4. The summed E-state index contributed by atoms with van der Waals surface area (Å²) in [7, 11) is 0. The third-order valence-corrected chi connectivity index (χ3v) is 4.90. The van der Waals surface area contributed by atoms with Crippen molar-refractivity contribution in [2.24, 2.45) is 5.92 Å². The lowest BCUT2D eigenvalue weighted by atomic mass is 9.92. The molecular weight excluding hydrogens is 366 g/mol. The molecule has 1 N–H and O–H groups in total. The summed E-state index contributed by atoms with van der Waals surface area (Å²) in [5, 5.41) is 10.6. The molecule has 0 fully saturated rings. The van der Waals surface area contributed by atoms with Gasteiger partial charge < -0.3 is 9.84 Å². The van der Waals surface area contributed by atoms with Crippen LogP contribution in [0.1, 0.15) is 37.3 Å². The second-order valence-electron chi connectivity index (χ2n) is 7.10. The Morgan fingerprint density at radius 1 is 1.10 bits per heavy atom. The lowest BCUT2D eigenvalue weighted by molar-refractivity contribution is -0.146. The molecule has 0 aliphatic rings. The Kier molecular flexibility index (Phi) is 6.95. The molecule has 0 bridgehead atoms. The van der Waals surface area contributed by atoms with E-state index in [2.05, 4.69) is 4.98 Å². The van der Waals surface area contributed by atoms with Gasteiger partial charge in [-0.25, -0.2) is 0 Å². The SMILES string of the molecule is CCCCC(=O)C(Cc1ccccc1OCc1cnc2ccccc2c1)C(=O)O. The lowest BCUT2D eigenvalue weighted by Gasteiger charge is -2.15. The first-order valence-electron chi connectivity index (χ1n) is 9.88. The van der Waals surface area contributed by atoms with Gasteiger partial charge in [-0.2, -0.15) is 0 Å². The number of ketones is 1. The number of carboxylic acids is 1. The Morgan fingerprint density at radius 2 is 1.86 bits per heavy atom. The van der Waals surface area contributed by atoms with Crippen LogP contribution in [0.5, 0.6) is 5.75 Å². The van der Waals surface area contributed by atoms with Crippen LogP contribution in [0.15, 0.2) is 60.8 Å². The number of carbonyl (C=O) groups excluding carboxylic acids is 1. The zero-order valence-electron chi connectivity index (χ0n) is 16.5. The molecule has 1 aromatic heterocycles. The maximum Gasteiger partial charge on any atom is 0.314 e. The Hall–Kier alpha value is -3.21. The molecule has 0 aliphatic heterocycles. The van der Waals surface area contributed by atoms with Gasteiger partial charge >= 0.3 is 5.97 Å². The van der Waals surface area contributed by atoms with Crippen molar-refractivity contribution in [3.8, 4) is 5.75 Å². The number of nitrogens with zero attached hydrogens (tertiary/aromatic N) is 1. The van der Waals surface area contributed by atoms with Crippen molar-refractivity contribution < 1.29 is 19.4 Å². The van der Waals surface area contributed by atoms with Gasteiger partial charge in [-0.3, -0.25) is 14.6 Å². The van der Waals surface area contributed by atoms with Crippen molar-refractivity contribution >= 4 is 22.7 Å². The van der Waals surface area contributed by atoms with Gasteiger partial charge in [0.2, 0.25) is 0 Å². The molecule has 0 aliphatic carbocycles. The largest absolute Gasteiger partial charge is 0.489 e. The number of rotatable bonds is 10. The van der Waals surface area contributed by atoms with Crippen LogP contribution in [0.25, 0.3) is 10.9 Å². The zero-order valence-corrected chi connectivity index (χ0v) is 16.5. The summed E-state index contributed by atoms with van der Waals surface area (Å²) in [5.41, 5.74) is 2.57. The van der Waals surface area contributed by atoms with Gasteiger partial charge in [0.25, 0.3) is 0 Å². The maximum atomic E-state index is 12.3. The highest BCUT2D eigenvalue weighted by molar-refractivity contribution is 5.98. The number of ether oxygens (including phenoxy) is 1. The van der Waals surface area contributed by atoms with Gasteiger partial charge in [0.15, 0.2) is 0 Å². The number of Topliss-reactive ketones (excluding diaryl/α,β-unsaturated/α-hetero) is 1. The van der Waals surface area contributed by atoms with Gasteiger partial charge in [-0.05, 0) is 36.6 Å². The maximum absolute atomic E-state index is 12.3. The van der Waals surface area contributed by atoms with Crippen LogP contribution in [0.3, 0.4) is 0 Å².